The molecule has 0 bridgehead atoms. The van der Waals surface area contributed by atoms with Crippen LogP contribution in [0.4, 0.5) is 4.39 Å². The molecule has 0 radical (unpaired) electrons. The Morgan fingerprint density at radius 2 is 2.00 bits per heavy atom. The van der Waals surface area contributed by atoms with Crippen LogP contribution >= 0.6 is 31.9 Å². The predicted octanol–water partition coefficient (Wildman–Crippen LogP) is 2.84. The number of hydrogen-bond acceptors (Lipinski definition) is 1. The Balaban J connectivity index is 3.25. The molecule has 0 aliphatic rings. The van der Waals surface area contributed by atoms with Gasteiger partial charge in [-0.3, -0.25) is 0 Å². The van der Waals surface area contributed by atoms with E-state index in [-0.39, 0.29) is 6.61 Å². The summed E-state index contributed by atoms with van der Waals surface area (Å²) < 4.78 is 14.0. The maximum Gasteiger partial charge on any atom is 0.144 e. The fourth-order valence-electron chi connectivity index (χ4n) is 0.688. The molecule has 0 aliphatic heterocycles. The number of halogens is 3. The summed E-state index contributed by atoms with van der Waals surface area (Å²) in [7, 11) is 0. The van der Waals surface area contributed by atoms with Crippen LogP contribution in [-0.4, -0.2) is 5.11 Å². The van der Waals surface area contributed by atoms with Crippen molar-refractivity contribution in [2.75, 3.05) is 0 Å². The molecule has 0 saturated heterocycles. The third-order valence-electron chi connectivity index (χ3n) is 1.29. The van der Waals surface area contributed by atoms with Gasteiger partial charge in [0.25, 0.3) is 0 Å². The van der Waals surface area contributed by atoms with Crippen LogP contribution in [0.15, 0.2) is 21.1 Å². The monoisotopic (exact) mass is 282 g/mol. The molecule has 1 N–H and O–H groups in total. The fourth-order valence-corrected chi connectivity index (χ4v) is 1.38. The second kappa shape index (κ2) is 3.65. The zero-order valence-electron chi connectivity index (χ0n) is 5.44. The Bertz CT molecular complexity index is 275. The van der Waals surface area contributed by atoms with E-state index in [0.29, 0.717) is 14.5 Å². The molecule has 60 valence electrons. The van der Waals surface area contributed by atoms with E-state index in [1.807, 2.05) is 0 Å². The van der Waals surface area contributed by atoms with Crippen molar-refractivity contribution in [1.29, 1.82) is 0 Å². The summed E-state index contributed by atoms with van der Waals surface area (Å²) >= 11 is 6.18. The van der Waals surface area contributed by atoms with Gasteiger partial charge in [0.15, 0.2) is 0 Å². The maximum atomic E-state index is 13.0. The van der Waals surface area contributed by atoms with E-state index in [9.17, 15) is 4.39 Å². The summed E-state index contributed by atoms with van der Waals surface area (Å²) in [5.41, 5.74) is 0.292. The van der Waals surface area contributed by atoms with Gasteiger partial charge in [-0.1, -0.05) is 6.07 Å². The zero-order valence-corrected chi connectivity index (χ0v) is 8.61. The molecular formula is C7H5Br2FO. The first-order valence-electron chi connectivity index (χ1n) is 2.90. The van der Waals surface area contributed by atoms with Crippen LogP contribution in [0, 0.1) is 5.82 Å². The third-order valence-corrected chi connectivity index (χ3v) is 3.25. The van der Waals surface area contributed by atoms with Gasteiger partial charge in [0.1, 0.15) is 5.82 Å². The lowest BCUT2D eigenvalue weighted by molar-refractivity contribution is 0.275. The first-order valence-corrected chi connectivity index (χ1v) is 4.48. The van der Waals surface area contributed by atoms with Gasteiger partial charge < -0.3 is 5.11 Å². The standard InChI is InChI=1S/C7H5Br2FO/c8-5-2-1-4(3-11)7(10)6(5)9/h1-2,11H,3H2. The van der Waals surface area contributed by atoms with Gasteiger partial charge >= 0.3 is 0 Å². The van der Waals surface area contributed by atoms with Gasteiger partial charge in [-0.05, 0) is 37.9 Å². The number of hydrogen-bond donors (Lipinski definition) is 1. The highest BCUT2D eigenvalue weighted by atomic mass is 79.9. The minimum Gasteiger partial charge on any atom is -0.392 e. The van der Waals surface area contributed by atoms with Crippen molar-refractivity contribution in [1.82, 2.24) is 0 Å². The van der Waals surface area contributed by atoms with E-state index >= 15 is 0 Å². The van der Waals surface area contributed by atoms with Crippen molar-refractivity contribution in [3.8, 4) is 0 Å². The summed E-state index contributed by atoms with van der Waals surface area (Å²) in [5, 5.41) is 8.66. The molecule has 0 spiro atoms. The molecule has 0 atom stereocenters. The van der Waals surface area contributed by atoms with E-state index in [2.05, 4.69) is 31.9 Å². The van der Waals surface area contributed by atoms with Crippen molar-refractivity contribution >= 4 is 31.9 Å². The van der Waals surface area contributed by atoms with E-state index in [4.69, 9.17) is 5.11 Å². The lowest BCUT2D eigenvalue weighted by Crippen LogP contribution is -1.90. The fraction of sp³-hybridized carbons (Fsp3) is 0.143. The molecule has 0 saturated carbocycles. The molecule has 4 heteroatoms. The summed E-state index contributed by atoms with van der Waals surface area (Å²) in [6, 6.07) is 3.21. The average Bonchev–Trinajstić information content (AvgIpc) is 2.01. The van der Waals surface area contributed by atoms with Gasteiger partial charge in [-0.25, -0.2) is 4.39 Å². The predicted molar refractivity (Wildman–Crippen MR) is 47.7 cm³/mol. The number of aliphatic hydroxyl groups is 1. The molecule has 0 amide bonds. The molecule has 0 aliphatic carbocycles. The average molecular weight is 284 g/mol. The Labute approximate surface area is 80.5 Å². The summed E-state index contributed by atoms with van der Waals surface area (Å²) in [4.78, 5) is 0. The SMILES string of the molecule is OCc1ccc(Br)c(Br)c1F. The second-order valence-corrected chi connectivity index (χ2v) is 3.64. The lowest BCUT2D eigenvalue weighted by Gasteiger charge is -2.02. The smallest absolute Gasteiger partial charge is 0.144 e. The van der Waals surface area contributed by atoms with Gasteiger partial charge in [-0.2, -0.15) is 0 Å². The summed E-state index contributed by atoms with van der Waals surface area (Å²) in [6.07, 6.45) is 0. The molecule has 1 nitrogen and oxygen atoms in total. The molecule has 0 unspecified atom stereocenters. The summed E-state index contributed by atoms with van der Waals surface area (Å²) in [6.45, 7) is -0.280. The molecule has 0 fully saturated rings. The number of benzene rings is 1. The van der Waals surface area contributed by atoms with Gasteiger partial charge in [0, 0.05) is 10.0 Å². The van der Waals surface area contributed by atoms with E-state index in [1.165, 1.54) is 6.07 Å². The molecule has 11 heavy (non-hydrogen) atoms. The van der Waals surface area contributed by atoms with E-state index in [0.717, 1.165) is 0 Å². The summed E-state index contributed by atoms with van der Waals surface area (Å²) in [5.74, 6) is -0.415. The maximum absolute atomic E-state index is 13.0. The minimum absolute atomic E-state index is 0.280. The van der Waals surface area contributed by atoms with Crippen molar-refractivity contribution in [2.45, 2.75) is 6.61 Å². The molecule has 1 aromatic carbocycles. The Kier molecular flexibility index (Phi) is 3.04. The Morgan fingerprint density at radius 3 is 2.55 bits per heavy atom. The van der Waals surface area contributed by atoms with Crippen LogP contribution in [0.1, 0.15) is 5.56 Å². The highest BCUT2D eigenvalue weighted by Crippen LogP contribution is 2.27. The first-order chi connectivity index (χ1) is 5.16. The first kappa shape index (κ1) is 9.16. The van der Waals surface area contributed by atoms with E-state index in [1.54, 1.807) is 6.07 Å². The topological polar surface area (TPSA) is 20.2 Å². The molecular weight excluding hydrogens is 279 g/mol. The van der Waals surface area contributed by atoms with Gasteiger partial charge in [0.2, 0.25) is 0 Å². The minimum atomic E-state index is -0.415. The third kappa shape index (κ3) is 1.80. The van der Waals surface area contributed by atoms with Gasteiger partial charge in [0.05, 0.1) is 11.1 Å². The molecule has 1 aromatic rings. The molecule has 0 aromatic heterocycles. The van der Waals surface area contributed by atoms with Crippen molar-refractivity contribution in [3.05, 3.63) is 32.5 Å². The van der Waals surface area contributed by atoms with Crippen LogP contribution in [-0.2, 0) is 6.61 Å². The largest absolute Gasteiger partial charge is 0.392 e. The quantitative estimate of drug-likeness (QED) is 0.786. The Morgan fingerprint density at radius 1 is 1.36 bits per heavy atom. The Hall–Kier alpha value is 0.0700. The second-order valence-electron chi connectivity index (χ2n) is 1.99. The van der Waals surface area contributed by atoms with Crippen LogP contribution in [0.3, 0.4) is 0 Å². The highest BCUT2D eigenvalue weighted by molar-refractivity contribution is 9.13. The van der Waals surface area contributed by atoms with Crippen molar-refractivity contribution < 1.29 is 9.50 Å². The molecule has 0 heterocycles. The van der Waals surface area contributed by atoms with Gasteiger partial charge in [-0.15, -0.1) is 0 Å². The van der Waals surface area contributed by atoms with Crippen LogP contribution < -0.4 is 0 Å². The zero-order chi connectivity index (χ0) is 8.43. The van der Waals surface area contributed by atoms with Crippen LogP contribution in [0.2, 0.25) is 0 Å². The van der Waals surface area contributed by atoms with Crippen molar-refractivity contribution in [3.63, 3.8) is 0 Å². The van der Waals surface area contributed by atoms with Crippen LogP contribution in [0.5, 0.6) is 0 Å². The lowest BCUT2D eigenvalue weighted by atomic mass is 10.2. The molecule has 1 rings (SSSR count). The highest BCUT2D eigenvalue weighted by Gasteiger charge is 2.07. The number of aliphatic hydroxyl groups excluding tert-OH is 1. The van der Waals surface area contributed by atoms with Crippen molar-refractivity contribution in [2.24, 2.45) is 0 Å². The van der Waals surface area contributed by atoms with E-state index < -0.39 is 5.82 Å². The normalized spacial score (nSPS) is 10.2. The van der Waals surface area contributed by atoms with Crippen LogP contribution in [0.25, 0.3) is 0 Å². The number of rotatable bonds is 1.